The lowest BCUT2D eigenvalue weighted by Gasteiger charge is -2.19. The van der Waals surface area contributed by atoms with Gasteiger partial charge in [0.2, 0.25) is 0 Å². The van der Waals surface area contributed by atoms with Crippen molar-refractivity contribution in [3.05, 3.63) is 149 Å². The number of rotatable bonds is 9. The number of ether oxygens (including phenoxy) is 1. The number of carbonyl (C=O) groups excluding carboxylic acids is 3. The number of H-pyrrole nitrogens is 1. The quantitative estimate of drug-likeness (QED) is 0.0854. The number of aromatic nitrogens is 8. The topological polar surface area (TPSA) is 223 Å². The number of benzene rings is 3. The number of halogens is 1. The first kappa shape index (κ1) is 44.9. The fourth-order valence-corrected chi connectivity index (χ4v) is 8.50. The number of amides is 3. The summed E-state index contributed by atoms with van der Waals surface area (Å²) in [5.41, 5.74) is 17.4. The van der Waals surface area contributed by atoms with Gasteiger partial charge in [-0.15, -0.1) is 11.3 Å². The number of imidazole rings is 1. The molecule has 19 heteroatoms. The van der Waals surface area contributed by atoms with E-state index < -0.39 is 11.8 Å². The van der Waals surface area contributed by atoms with Crippen LogP contribution in [0, 0.1) is 13.8 Å². The molecule has 0 bridgehead atoms. The zero-order chi connectivity index (χ0) is 47.5. The number of aromatic amines is 1. The van der Waals surface area contributed by atoms with Crippen molar-refractivity contribution in [2.75, 3.05) is 36.3 Å². The third kappa shape index (κ3) is 8.98. The van der Waals surface area contributed by atoms with Crippen LogP contribution in [0.1, 0.15) is 28.5 Å². The average Bonchev–Trinajstić information content (AvgIpc) is 4.16. The van der Waals surface area contributed by atoms with E-state index in [0.29, 0.717) is 63.2 Å². The Balaban J connectivity index is 0.000000129. The summed E-state index contributed by atoms with van der Waals surface area (Å²) in [5, 5.41) is 12.1. The zero-order valence-electron chi connectivity index (χ0n) is 37.0. The van der Waals surface area contributed by atoms with E-state index in [1.165, 1.54) is 29.2 Å². The molecule has 1 aliphatic rings. The molecule has 0 atom stereocenters. The van der Waals surface area contributed by atoms with Gasteiger partial charge in [-0.1, -0.05) is 29.8 Å². The van der Waals surface area contributed by atoms with E-state index in [9.17, 15) is 14.4 Å². The Labute approximate surface area is 397 Å². The second kappa shape index (κ2) is 19.3. The molecular formula is C49H42ClN13O4S. The van der Waals surface area contributed by atoms with Crippen molar-refractivity contribution < 1.29 is 19.1 Å². The van der Waals surface area contributed by atoms with Crippen molar-refractivity contribution in [1.29, 1.82) is 0 Å². The van der Waals surface area contributed by atoms with Gasteiger partial charge >= 0.3 is 0 Å². The van der Waals surface area contributed by atoms with Crippen LogP contribution in [0.25, 0.3) is 60.1 Å². The lowest BCUT2D eigenvalue weighted by Crippen LogP contribution is -2.36. The molecule has 340 valence electrons. The second-order valence-electron chi connectivity index (χ2n) is 15.5. The van der Waals surface area contributed by atoms with Gasteiger partial charge in [-0.2, -0.15) is 5.01 Å². The van der Waals surface area contributed by atoms with Crippen LogP contribution in [0.15, 0.2) is 127 Å². The number of pyridine rings is 2. The molecule has 0 saturated heterocycles. The first-order chi connectivity index (χ1) is 33.0. The Morgan fingerprint density at radius 1 is 0.882 bits per heavy atom. The Hall–Kier alpha value is -8.32. The van der Waals surface area contributed by atoms with E-state index in [1.807, 2.05) is 54.0 Å². The normalized spacial score (nSPS) is 12.3. The highest BCUT2D eigenvalue weighted by Gasteiger charge is 2.30. The standard InChI is InChI=1S/C18H14N4O3S.C17H11ClN4O.C14H17N5/c1-10-9-14(23)22(18(10)24)21-17-15-11(5-3-6-12(15)25-2)19-16(20-17)13-7-4-8-26-13;18-11-6-13-12-3-5-20-9-15(12)21-16(13)14(7-11)22-17(23)10-2-1-4-19-8-10;1-9-3-4-11-12(7-9)19-10(2)8-17-14(19)13(18-11)16-6-5-15/h3-9H,1-2H3,(H,19,20,21);1-9,21H,(H,22,23);3-4,7-8H,5-6,15H2,1-2H3,(H,16,18). The molecule has 1 aliphatic heterocycles. The first-order valence-electron chi connectivity index (χ1n) is 21.2. The summed E-state index contributed by atoms with van der Waals surface area (Å²) in [6.07, 6.45) is 9.77. The molecule has 6 N–H and O–H groups in total. The van der Waals surface area contributed by atoms with E-state index in [2.05, 4.69) is 81.3 Å². The van der Waals surface area contributed by atoms with Gasteiger partial charge in [-0.05, 0) is 92.4 Å². The van der Waals surface area contributed by atoms with Gasteiger partial charge in [-0.25, -0.2) is 19.9 Å². The monoisotopic (exact) mass is 943 g/mol. The van der Waals surface area contributed by atoms with Gasteiger partial charge in [0.15, 0.2) is 23.1 Å². The maximum absolute atomic E-state index is 12.4. The molecule has 0 spiro atoms. The van der Waals surface area contributed by atoms with E-state index in [-0.39, 0.29) is 5.91 Å². The fraction of sp³-hybridized carbons (Fsp3) is 0.122. The van der Waals surface area contributed by atoms with Crippen LogP contribution in [-0.4, -0.2) is 82.2 Å². The molecule has 3 aromatic carbocycles. The van der Waals surface area contributed by atoms with Gasteiger partial charge in [-0.3, -0.25) is 34.2 Å². The van der Waals surface area contributed by atoms with Gasteiger partial charge in [0.25, 0.3) is 17.7 Å². The third-order valence-electron chi connectivity index (χ3n) is 10.8. The largest absolute Gasteiger partial charge is 0.496 e. The highest BCUT2D eigenvalue weighted by atomic mass is 35.5. The van der Waals surface area contributed by atoms with Crippen LogP contribution in [0.2, 0.25) is 5.02 Å². The Morgan fingerprint density at radius 2 is 1.74 bits per heavy atom. The van der Waals surface area contributed by atoms with Crippen molar-refractivity contribution in [1.82, 2.24) is 44.3 Å². The number of nitrogens with one attached hydrogen (secondary N) is 4. The van der Waals surface area contributed by atoms with E-state index >= 15 is 0 Å². The zero-order valence-corrected chi connectivity index (χ0v) is 38.6. The molecule has 0 aliphatic carbocycles. The maximum Gasteiger partial charge on any atom is 0.275 e. The van der Waals surface area contributed by atoms with E-state index in [1.54, 1.807) is 56.9 Å². The fourth-order valence-electron chi connectivity index (χ4n) is 7.62. The minimum Gasteiger partial charge on any atom is -0.496 e. The lowest BCUT2D eigenvalue weighted by atomic mass is 10.1. The number of hydrogen-bond donors (Lipinski definition) is 5. The van der Waals surface area contributed by atoms with Crippen LogP contribution in [0.5, 0.6) is 5.75 Å². The van der Waals surface area contributed by atoms with Crippen molar-refractivity contribution >= 4 is 107 Å². The highest BCUT2D eigenvalue weighted by Crippen LogP contribution is 2.35. The summed E-state index contributed by atoms with van der Waals surface area (Å²) in [4.78, 5) is 67.1. The molecule has 17 nitrogen and oxygen atoms in total. The van der Waals surface area contributed by atoms with Crippen LogP contribution in [0.4, 0.5) is 17.3 Å². The molecule has 0 radical (unpaired) electrons. The van der Waals surface area contributed by atoms with Crippen molar-refractivity contribution in [2.24, 2.45) is 5.73 Å². The van der Waals surface area contributed by atoms with E-state index in [0.717, 1.165) is 59.9 Å². The summed E-state index contributed by atoms with van der Waals surface area (Å²) in [7, 11) is 1.55. The maximum atomic E-state index is 12.4. The molecule has 0 saturated carbocycles. The summed E-state index contributed by atoms with van der Waals surface area (Å²) in [5.74, 6) is 1.09. The summed E-state index contributed by atoms with van der Waals surface area (Å²) in [6, 6.07) is 24.4. The average molecular weight is 944 g/mol. The van der Waals surface area contributed by atoms with Gasteiger partial charge in [0, 0.05) is 71.0 Å². The number of thiophene rings is 1. The van der Waals surface area contributed by atoms with Crippen molar-refractivity contribution in [3.63, 3.8) is 0 Å². The minimum absolute atomic E-state index is 0.238. The van der Waals surface area contributed by atoms with Gasteiger partial charge in [0.1, 0.15) is 5.75 Å². The number of hydrazine groups is 1. The molecular weight excluding hydrogens is 902 g/mol. The number of fused-ring (bicyclic) bond motifs is 7. The number of anilines is 3. The number of methoxy groups -OCH3 is 1. The van der Waals surface area contributed by atoms with Crippen molar-refractivity contribution in [2.45, 2.75) is 20.8 Å². The number of nitrogens with zero attached hydrogens (tertiary/aromatic N) is 8. The summed E-state index contributed by atoms with van der Waals surface area (Å²) < 4.78 is 7.55. The summed E-state index contributed by atoms with van der Waals surface area (Å²) >= 11 is 7.72. The summed E-state index contributed by atoms with van der Waals surface area (Å²) in [6.45, 7) is 6.98. The van der Waals surface area contributed by atoms with Gasteiger partial charge < -0.3 is 26.1 Å². The first-order valence-corrected chi connectivity index (χ1v) is 22.4. The van der Waals surface area contributed by atoms with Crippen LogP contribution in [-0.2, 0) is 9.59 Å². The molecule has 0 unspecified atom stereocenters. The van der Waals surface area contributed by atoms with E-state index in [4.69, 9.17) is 22.1 Å². The number of imide groups is 1. The Bertz CT molecular complexity index is 3580. The van der Waals surface area contributed by atoms with Crippen LogP contribution in [0.3, 0.4) is 0 Å². The predicted octanol–water partition coefficient (Wildman–Crippen LogP) is 8.90. The molecule has 3 amide bonds. The number of hydrogen-bond acceptors (Lipinski definition) is 14. The SMILES string of the molecule is COc1cccc2nc(-c3cccs3)nc(NN3C(=O)C=C(C)C3=O)c12.Cc1ccc2nc(NCCN)c3ncc(C)n3c2c1.O=C(Nc1cc(Cl)cc2c1[nH]c1cnccc12)c1cccnc1. The lowest BCUT2D eigenvalue weighted by molar-refractivity contribution is -0.135. The Morgan fingerprint density at radius 3 is 2.49 bits per heavy atom. The Kier molecular flexibility index (Phi) is 12.7. The number of nitrogens with two attached hydrogens (primary N) is 1. The highest BCUT2D eigenvalue weighted by molar-refractivity contribution is 7.13. The molecule has 0 fully saturated rings. The molecule has 11 rings (SSSR count). The smallest absolute Gasteiger partial charge is 0.275 e. The third-order valence-corrected chi connectivity index (χ3v) is 11.9. The number of aryl methyl sites for hydroxylation is 2. The second-order valence-corrected chi connectivity index (χ2v) is 16.9. The minimum atomic E-state index is -0.438. The van der Waals surface area contributed by atoms with Crippen molar-refractivity contribution in [3.8, 4) is 16.5 Å². The molecule has 10 aromatic rings. The number of carbonyl (C=O) groups is 3. The molecule has 7 aromatic heterocycles. The molecule has 68 heavy (non-hydrogen) atoms. The predicted molar refractivity (Wildman–Crippen MR) is 267 cm³/mol. The molecule has 8 heterocycles. The van der Waals surface area contributed by atoms with Gasteiger partial charge in [0.05, 0.1) is 62.4 Å². The van der Waals surface area contributed by atoms with Crippen LogP contribution >= 0.6 is 22.9 Å². The van der Waals surface area contributed by atoms with Crippen LogP contribution < -0.4 is 26.5 Å².